The molecule has 2 rings (SSSR count). The average molecular weight is 233 g/mol. The minimum Gasteiger partial charge on any atom is -0.329 e. The summed E-state index contributed by atoms with van der Waals surface area (Å²) < 4.78 is 0. The fraction of sp³-hybridized carbons (Fsp3) is 0.643. The standard InChI is InChI=1S/C14H23N3/c1-17(11-13-5-9-16-10-6-13)14(12-15)7-3-2-4-8-14/h5-6,9-10H,2-4,7-8,11-12,15H2,1H3. The van der Waals surface area contributed by atoms with Gasteiger partial charge in [-0.2, -0.15) is 0 Å². The van der Waals surface area contributed by atoms with Gasteiger partial charge in [-0.15, -0.1) is 0 Å². The molecular weight excluding hydrogens is 210 g/mol. The molecule has 0 aliphatic heterocycles. The summed E-state index contributed by atoms with van der Waals surface area (Å²) in [6.07, 6.45) is 10.2. The molecule has 0 spiro atoms. The smallest absolute Gasteiger partial charge is 0.0332 e. The lowest BCUT2D eigenvalue weighted by Crippen LogP contribution is -2.52. The molecule has 0 aromatic carbocycles. The van der Waals surface area contributed by atoms with Crippen molar-refractivity contribution in [2.75, 3.05) is 13.6 Å². The van der Waals surface area contributed by atoms with E-state index >= 15 is 0 Å². The van der Waals surface area contributed by atoms with E-state index < -0.39 is 0 Å². The summed E-state index contributed by atoms with van der Waals surface area (Å²) in [5.74, 6) is 0. The second-order valence-electron chi connectivity index (χ2n) is 5.20. The Morgan fingerprint density at radius 1 is 1.24 bits per heavy atom. The number of rotatable bonds is 4. The van der Waals surface area contributed by atoms with E-state index in [1.165, 1.54) is 37.7 Å². The van der Waals surface area contributed by atoms with Gasteiger partial charge in [0.15, 0.2) is 0 Å². The fourth-order valence-electron chi connectivity index (χ4n) is 2.88. The van der Waals surface area contributed by atoms with Gasteiger partial charge in [-0.1, -0.05) is 19.3 Å². The minimum absolute atomic E-state index is 0.224. The zero-order chi connectivity index (χ0) is 12.1. The SMILES string of the molecule is CN(Cc1ccncc1)C1(CN)CCCCC1. The van der Waals surface area contributed by atoms with Gasteiger partial charge in [-0.05, 0) is 37.6 Å². The summed E-state index contributed by atoms with van der Waals surface area (Å²) in [7, 11) is 2.21. The van der Waals surface area contributed by atoms with Gasteiger partial charge in [0.1, 0.15) is 0 Å². The van der Waals surface area contributed by atoms with E-state index in [1.54, 1.807) is 0 Å². The third kappa shape index (κ3) is 2.85. The summed E-state index contributed by atoms with van der Waals surface area (Å²) in [6.45, 7) is 1.74. The van der Waals surface area contributed by atoms with Gasteiger partial charge < -0.3 is 5.73 Å². The molecule has 1 saturated carbocycles. The number of hydrogen-bond donors (Lipinski definition) is 1. The molecule has 1 aromatic rings. The van der Waals surface area contributed by atoms with Crippen LogP contribution in [0.1, 0.15) is 37.7 Å². The Balaban J connectivity index is 2.04. The molecule has 2 N–H and O–H groups in total. The zero-order valence-electron chi connectivity index (χ0n) is 10.7. The highest BCUT2D eigenvalue weighted by Crippen LogP contribution is 2.32. The molecular formula is C14H23N3. The Kier molecular flexibility index (Phi) is 4.13. The number of pyridine rings is 1. The van der Waals surface area contributed by atoms with Crippen LogP contribution in [-0.2, 0) is 6.54 Å². The molecule has 17 heavy (non-hydrogen) atoms. The van der Waals surface area contributed by atoms with Crippen LogP contribution in [0.4, 0.5) is 0 Å². The van der Waals surface area contributed by atoms with E-state index in [-0.39, 0.29) is 5.54 Å². The maximum Gasteiger partial charge on any atom is 0.0332 e. The lowest BCUT2D eigenvalue weighted by atomic mass is 9.80. The van der Waals surface area contributed by atoms with Crippen LogP contribution in [0, 0.1) is 0 Å². The van der Waals surface area contributed by atoms with E-state index in [2.05, 4.69) is 29.1 Å². The van der Waals surface area contributed by atoms with Gasteiger partial charge in [0.2, 0.25) is 0 Å². The Bertz CT molecular complexity index is 331. The number of hydrogen-bond acceptors (Lipinski definition) is 3. The van der Waals surface area contributed by atoms with Crippen LogP contribution in [-0.4, -0.2) is 29.0 Å². The van der Waals surface area contributed by atoms with Crippen molar-refractivity contribution >= 4 is 0 Å². The average Bonchev–Trinajstić information content (AvgIpc) is 2.40. The number of nitrogens with zero attached hydrogens (tertiary/aromatic N) is 2. The quantitative estimate of drug-likeness (QED) is 0.866. The van der Waals surface area contributed by atoms with Gasteiger partial charge in [-0.3, -0.25) is 9.88 Å². The lowest BCUT2D eigenvalue weighted by molar-refractivity contribution is 0.0758. The third-order valence-corrected chi connectivity index (χ3v) is 4.14. The van der Waals surface area contributed by atoms with Crippen molar-refractivity contribution in [3.05, 3.63) is 30.1 Å². The Morgan fingerprint density at radius 2 is 1.88 bits per heavy atom. The molecule has 0 unspecified atom stereocenters. The van der Waals surface area contributed by atoms with Crippen LogP contribution in [0.15, 0.2) is 24.5 Å². The number of likely N-dealkylation sites (N-methyl/N-ethyl adjacent to an activating group) is 1. The molecule has 0 atom stereocenters. The number of nitrogens with two attached hydrogens (primary N) is 1. The first-order valence-corrected chi connectivity index (χ1v) is 6.57. The molecule has 0 radical (unpaired) electrons. The lowest BCUT2D eigenvalue weighted by Gasteiger charge is -2.44. The number of aromatic nitrogens is 1. The second kappa shape index (κ2) is 5.61. The molecule has 94 valence electrons. The van der Waals surface area contributed by atoms with Crippen molar-refractivity contribution in [1.29, 1.82) is 0 Å². The third-order valence-electron chi connectivity index (χ3n) is 4.14. The van der Waals surface area contributed by atoms with Gasteiger partial charge in [0.25, 0.3) is 0 Å². The molecule has 1 fully saturated rings. The van der Waals surface area contributed by atoms with Crippen LogP contribution in [0.3, 0.4) is 0 Å². The predicted molar refractivity (Wildman–Crippen MR) is 70.6 cm³/mol. The molecule has 0 bridgehead atoms. The summed E-state index contributed by atoms with van der Waals surface area (Å²) >= 11 is 0. The van der Waals surface area contributed by atoms with E-state index in [0.717, 1.165) is 13.1 Å². The molecule has 1 aromatic heterocycles. The first-order chi connectivity index (χ1) is 8.27. The van der Waals surface area contributed by atoms with Gasteiger partial charge in [-0.25, -0.2) is 0 Å². The minimum atomic E-state index is 0.224. The van der Waals surface area contributed by atoms with Gasteiger partial charge in [0, 0.05) is 31.0 Å². The van der Waals surface area contributed by atoms with Crippen LogP contribution >= 0.6 is 0 Å². The largest absolute Gasteiger partial charge is 0.329 e. The molecule has 3 heteroatoms. The van der Waals surface area contributed by atoms with E-state index in [1.807, 2.05) is 12.4 Å². The summed E-state index contributed by atoms with van der Waals surface area (Å²) in [5, 5.41) is 0. The molecule has 0 amide bonds. The normalized spacial score (nSPS) is 19.5. The van der Waals surface area contributed by atoms with Crippen LogP contribution in [0.2, 0.25) is 0 Å². The molecule has 0 saturated heterocycles. The van der Waals surface area contributed by atoms with E-state index in [9.17, 15) is 0 Å². The highest BCUT2D eigenvalue weighted by atomic mass is 15.2. The van der Waals surface area contributed by atoms with Gasteiger partial charge in [0.05, 0.1) is 0 Å². The van der Waals surface area contributed by atoms with Crippen molar-refractivity contribution in [3.63, 3.8) is 0 Å². The van der Waals surface area contributed by atoms with E-state index in [4.69, 9.17) is 5.73 Å². The van der Waals surface area contributed by atoms with Crippen LogP contribution in [0.25, 0.3) is 0 Å². The van der Waals surface area contributed by atoms with Crippen molar-refractivity contribution in [2.24, 2.45) is 5.73 Å². The molecule has 1 aliphatic carbocycles. The topological polar surface area (TPSA) is 42.2 Å². The van der Waals surface area contributed by atoms with Crippen molar-refractivity contribution in [3.8, 4) is 0 Å². The zero-order valence-corrected chi connectivity index (χ0v) is 10.7. The fourth-order valence-corrected chi connectivity index (χ4v) is 2.88. The van der Waals surface area contributed by atoms with E-state index in [0.29, 0.717) is 0 Å². The summed E-state index contributed by atoms with van der Waals surface area (Å²) in [6, 6.07) is 4.17. The van der Waals surface area contributed by atoms with Crippen LogP contribution < -0.4 is 5.73 Å². The Morgan fingerprint density at radius 3 is 2.47 bits per heavy atom. The second-order valence-corrected chi connectivity index (χ2v) is 5.20. The maximum absolute atomic E-state index is 6.04. The highest BCUT2D eigenvalue weighted by molar-refractivity contribution is 5.10. The van der Waals surface area contributed by atoms with Crippen LogP contribution in [0.5, 0.6) is 0 Å². The Labute approximate surface area is 104 Å². The van der Waals surface area contributed by atoms with Crippen molar-refractivity contribution < 1.29 is 0 Å². The first kappa shape index (κ1) is 12.5. The summed E-state index contributed by atoms with van der Waals surface area (Å²) in [4.78, 5) is 6.51. The monoisotopic (exact) mass is 233 g/mol. The molecule has 3 nitrogen and oxygen atoms in total. The highest BCUT2D eigenvalue weighted by Gasteiger charge is 2.34. The first-order valence-electron chi connectivity index (χ1n) is 6.57. The molecule has 1 aliphatic rings. The van der Waals surface area contributed by atoms with Crippen molar-refractivity contribution in [1.82, 2.24) is 9.88 Å². The Hall–Kier alpha value is -0.930. The van der Waals surface area contributed by atoms with Gasteiger partial charge >= 0.3 is 0 Å². The predicted octanol–water partition coefficient (Wildman–Crippen LogP) is 2.17. The molecule has 1 heterocycles. The maximum atomic E-state index is 6.04. The summed E-state index contributed by atoms with van der Waals surface area (Å²) in [5.41, 5.74) is 7.58. The van der Waals surface area contributed by atoms with Crippen molar-refractivity contribution in [2.45, 2.75) is 44.2 Å².